The molecule has 1 atom stereocenters. The first-order valence-corrected chi connectivity index (χ1v) is 6.79. The molecule has 2 saturated heterocycles. The fourth-order valence-electron chi connectivity index (χ4n) is 3.40. The third kappa shape index (κ3) is 1.78. The Morgan fingerprint density at radius 1 is 1.33 bits per heavy atom. The number of nitrogens with one attached hydrogen (secondary N) is 1. The number of nitrogens with zero attached hydrogens (tertiary/aromatic N) is 1. The van der Waals surface area contributed by atoms with Crippen LogP contribution in [0.5, 0.6) is 0 Å². The fourth-order valence-corrected chi connectivity index (χ4v) is 3.40. The van der Waals surface area contributed by atoms with Gasteiger partial charge in [0.2, 0.25) is 0 Å². The van der Waals surface area contributed by atoms with Gasteiger partial charge in [0, 0.05) is 25.7 Å². The molecule has 1 aromatic rings. The van der Waals surface area contributed by atoms with E-state index < -0.39 is 0 Å². The molecule has 0 aromatic heterocycles. The van der Waals surface area contributed by atoms with Crippen molar-refractivity contribution in [3.05, 3.63) is 35.4 Å². The van der Waals surface area contributed by atoms with E-state index in [1.165, 1.54) is 11.1 Å². The zero-order valence-corrected chi connectivity index (χ0v) is 11.3. The first-order valence-electron chi connectivity index (χ1n) is 6.79. The highest BCUT2D eigenvalue weighted by atomic mass is 16.5. The molecule has 18 heavy (non-hydrogen) atoms. The smallest absolute Gasteiger partial charge is 0.0601 e. The number of hydrogen-bond acceptors (Lipinski definition) is 3. The van der Waals surface area contributed by atoms with Crippen molar-refractivity contribution >= 4 is 0 Å². The predicted molar refractivity (Wildman–Crippen MR) is 73.0 cm³/mol. The van der Waals surface area contributed by atoms with Crippen LogP contribution >= 0.6 is 0 Å². The van der Waals surface area contributed by atoms with Crippen molar-refractivity contribution in [3.8, 4) is 0 Å². The summed E-state index contributed by atoms with van der Waals surface area (Å²) in [4.78, 5) is 2.49. The molecule has 0 aliphatic carbocycles. The lowest BCUT2D eigenvalue weighted by Gasteiger charge is -2.52. The van der Waals surface area contributed by atoms with Crippen LogP contribution in [0.25, 0.3) is 0 Å². The third-order valence-corrected chi connectivity index (χ3v) is 4.55. The molecule has 1 N–H and O–H groups in total. The molecule has 0 bridgehead atoms. The lowest BCUT2D eigenvalue weighted by atomic mass is 9.70. The Labute approximate surface area is 109 Å². The van der Waals surface area contributed by atoms with Crippen LogP contribution in [0, 0.1) is 6.92 Å². The van der Waals surface area contributed by atoms with E-state index in [2.05, 4.69) is 48.5 Å². The van der Waals surface area contributed by atoms with E-state index in [0.29, 0.717) is 6.04 Å². The Morgan fingerprint density at radius 2 is 2.11 bits per heavy atom. The van der Waals surface area contributed by atoms with Gasteiger partial charge in [-0.05, 0) is 25.1 Å². The van der Waals surface area contributed by atoms with Crippen molar-refractivity contribution in [2.75, 3.05) is 39.9 Å². The van der Waals surface area contributed by atoms with Crippen molar-refractivity contribution < 1.29 is 4.74 Å². The quantitative estimate of drug-likeness (QED) is 0.847. The van der Waals surface area contributed by atoms with Gasteiger partial charge in [-0.3, -0.25) is 4.90 Å². The van der Waals surface area contributed by atoms with Crippen LogP contribution in [-0.4, -0.2) is 50.8 Å². The third-order valence-electron chi connectivity index (χ3n) is 4.55. The molecule has 0 saturated carbocycles. The number of hydrogen-bond donors (Lipinski definition) is 1. The summed E-state index contributed by atoms with van der Waals surface area (Å²) >= 11 is 0. The molecule has 2 aliphatic heterocycles. The first-order chi connectivity index (χ1) is 8.74. The minimum atomic E-state index is 0.188. The van der Waals surface area contributed by atoms with Crippen molar-refractivity contribution in [1.29, 1.82) is 0 Å². The number of piperazine rings is 1. The minimum absolute atomic E-state index is 0.188. The average Bonchev–Trinajstić information content (AvgIpc) is 2.32. The molecule has 2 aliphatic rings. The normalized spacial score (nSPS) is 27.8. The van der Waals surface area contributed by atoms with Crippen LogP contribution in [0.3, 0.4) is 0 Å². The average molecular weight is 246 g/mol. The Hall–Kier alpha value is -0.900. The Kier molecular flexibility index (Phi) is 3.14. The van der Waals surface area contributed by atoms with Crippen LogP contribution < -0.4 is 5.32 Å². The van der Waals surface area contributed by atoms with Crippen molar-refractivity contribution in [3.63, 3.8) is 0 Å². The van der Waals surface area contributed by atoms with Crippen LogP contribution in [0.15, 0.2) is 24.3 Å². The Balaban J connectivity index is 1.97. The maximum absolute atomic E-state index is 5.59. The molecule has 1 unspecified atom stereocenters. The largest absolute Gasteiger partial charge is 0.379 e. The van der Waals surface area contributed by atoms with Crippen LogP contribution in [0.1, 0.15) is 11.1 Å². The summed E-state index contributed by atoms with van der Waals surface area (Å²) in [6, 6.07) is 9.31. The van der Waals surface area contributed by atoms with Gasteiger partial charge in [0.1, 0.15) is 0 Å². The summed E-state index contributed by atoms with van der Waals surface area (Å²) < 4.78 is 5.59. The van der Waals surface area contributed by atoms with Gasteiger partial charge in [-0.2, -0.15) is 0 Å². The van der Waals surface area contributed by atoms with E-state index >= 15 is 0 Å². The number of aryl methyl sites for hydroxylation is 1. The van der Waals surface area contributed by atoms with Crippen LogP contribution in [-0.2, 0) is 10.2 Å². The highest BCUT2D eigenvalue weighted by Crippen LogP contribution is 2.39. The van der Waals surface area contributed by atoms with Gasteiger partial charge in [0.15, 0.2) is 0 Å². The van der Waals surface area contributed by atoms with E-state index in [9.17, 15) is 0 Å². The van der Waals surface area contributed by atoms with Crippen LogP contribution in [0.4, 0.5) is 0 Å². The van der Waals surface area contributed by atoms with E-state index in [4.69, 9.17) is 4.74 Å². The van der Waals surface area contributed by atoms with Crippen LogP contribution in [0.2, 0.25) is 0 Å². The second-order valence-corrected chi connectivity index (χ2v) is 5.66. The van der Waals surface area contributed by atoms with Crippen molar-refractivity contribution in [2.24, 2.45) is 0 Å². The Bertz CT molecular complexity index is 428. The maximum Gasteiger partial charge on any atom is 0.0601 e. The molecule has 98 valence electrons. The van der Waals surface area contributed by atoms with Gasteiger partial charge in [0.25, 0.3) is 0 Å². The van der Waals surface area contributed by atoms with E-state index in [1.54, 1.807) is 0 Å². The first kappa shape index (κ1) is 12.2. The van der Waals surface area contributed by atoms with Gasteiger partial charge < -0.3 is 10.1 Å². The summed E-state index contributed by atoms with van der Waals surface area (Å²) in [6.45, 7) is 7.21. The molecule has 3 nitrogen and oxygen atoms in total. The molecule has 2 fully saturated rings. The maximum atomic E-state index is 5.59. The van der Waals surface area contributed by atoms with Gasteiger partial charge in [0.05, 0.1) is 18.6 Å². The number of rotatable bonds is 2. The molecule has 2 heterocycles. The fraction of sp³-hybridized carbons (Fsp3) is 0.600. The topological polar surface area (TPSA) is 24.5 Å². The van der Waals surface area contributed by atoms with E-state index in [-0.39, 0.29) is 5.41 Å². The van der Waals surface area contributed by atoms with E-state index in [0.717, 1.165) is 32.8 Å². The zero-order valence-electron chi connectivity index (χ0n) is 11.3. The SMILES string of the molecule is Cc1ccccc1C1(C2CNCCN2C)COC1. The molecule has 0 amide bonds. The predicted octanol–water partition coefficient (Wildman–Crippen LogP) is 1.17. The molecular formula is C15H22N2O. The van der Waals surface area contributed by atoms with Gasteiger partial charge in [-0.25, -0.2) is 0 Å². The molecule has 3 heteroatoms. The summed E-state index contributed by atoms with van der Waals surface area (Å²) in [6.07, 6.45) is 0. The molecule has 1 aromatic carbocycles. The standard InChI is InChI=1S/C15H22N2O/c1-12-5-3-4-6-13(12)15(10-18-11-15)14-9-16-7-8-17(14)2/h3-6,14,16H,7-11H2,1-2H3. The number of benzene rings is 1. The van der Waals surface area contributed by atoms with E-state index in [1.807, 2.05) is 0 Å². The molecule has 3 rings (SSSR count). The van der Waals surface area contributed by atoms with Gasteiger partial charge in [-0.1, -0.05) is 24.3 Å². The Morgan fingerprint density at radius 3 is 2.72 bits per heavy atom. The van der Waals surface area contributed by atoms with Gasteiger partial charge >= 0.3 is 0 Å². The molecule has 0 spiro atoms. The summed E-state index contributed by atoms with van der Waals surface area (Å²) in [5.41, 5.74) is 3.05. The van der Waals surface area contributed by atoms with Crippen molar-refractivity contribution in [1.82, 2.24) is 10.2 Å². The highest BCUT2D eigenvalue weighted by Gasteiger charge is 2.49. The molecule has 0 radical (unpaired) electrons. The second kappa shape index (κ2) is 4.65. The molecular weight excluding hydrogens is 224 g/mol. The summed E-state index contributed by atoms with van der Waals surface area (Å²) in [5, 5.41) is 3.53. The lowest BCUT2D eigenvalue weighted by molar-refractivity contribution is -0.103. The second-order valence-electron chi connectivity index (χ2n) is 5.66. The van der Waals surface area contributed by atoms with Gasteiger partial charge in [-0.15, -0.1) is 0 Å². The zero-order chi connectivity index (χ0) is 12.6. The summed E-state index contributed by atoms with van der Waals surface area (Å²) in [7, 11) is 2.24. The highest BCUT2D eigenvalue weighted by molar-refractivity contribution is 5.37. The lowest BCUT2D eigenvalue weighted by Crippen LogP contribution is -2.66. The number of ether oxygens (including phenoxy) is 1. The summed E-state index contributed by atoms with van der Waals surface area (Å²) in [5.74, 6) is 0. The van der Waals surface area contributed by atoms with Crippen molar-refractivity contribution in [2.45, 2.75) is 18.4 Å². The minimum Gasteiger partial charge on any atom is -0.379 e. The number of likely N-dealkylation sites (N-methyl/N-ethyl adjacent to an activating group) is 1. The monoisotopic (exact) mass is 246 g/mol.